The standard InChI is InChI=1S/C22H13NO3/c24-21-16-10-4-5-11-17(16)22(25)23(21)18-12-6-9-15-13-19(26-20(15)18)14-7-2-1-3-8-14/h1-13H. The molecule has 0 unspecified atom stereocenters. The fourth-order valence-electron chi connectivity index (χ4n) is 3.38. The van der Waals surface area contributed by atoms with E-state index in [2.05, 4.69) is 0 Å². The van der Waals surface area contributed by atoms with Crippen LogP contribution in [-0.4, -0.2) is 11.8 Å². The molecule has 0 bridgehead atoms. The zero-order valence-corrected chi connectivity index (χ0v) is 13.7. The molecule has 0 N–H and O–H groups in total. The lowest BCUT2D eigenvalue weighted by atomic mass is 10.1. The normalized spacial score (nSPS) is 13.5. The van der Waals surface area contributed by atoms with Gasteiger partial charge < -0.3 is 4.42 Å². The van der Waals surface area contributed by atoms with Crippen LogP contribution in [0.5, 0.6) is 0 Å². The second-order valence-electron chi connectivity index (χ2n) is 6.16. The molecule has 4 heteroatoms. The Kier molecular flexibility index (Phi) is 3.06. The topological polar surface area (TPSA) is 50.5 Å². The zero-order chi connectivity index (χ0) is 17.7. The molecule has 0 radical (unpaired) electrons. The molecule has 4 nitrogen and oxygen atoms in total. The number of rotatable bonds is 2. The Balaban J connectivity index is 1.68. The molecule has 0 atom stereocenters. The number of hydrogen-bond acceptors (Lipinski definition) is 3. The number of benzene rings is 3. The summed E-state index contributed by atoms with van der Waals surface area (Å²) >= 11 is 0. The van der Waals surface area contributed by atoms with Crippen molar-refractivity contribution >= 4 is 28.5 Å². The van der Waals surface area contributed by atoms with Crippen LogP contribution in [0.2, 0.25) is 0 Å². The van der Waals surface area contributed by atoms with Crippen LogP contribution in [0.4, 0.5) is 5.69 Å². The summed E-state index contributed by atoms with van der Waals surface area (Å²) < 4.78 is 6.05. The first-order chi connectivity index (χ1) is 12.7. The van der Waals surface area contributed by atoms with Gasteiger partial charge in [-0.15, -0.1) is 0 Å². The molecule has 0 fully saturated rings. The third kappa shape index (κ3) is 2.02. The minimum absolute atomic E-state index is 0.323. The fraction of sp³-hybridized carbons (Fsp3) is 0. The van der Waals surface area contributed by atoms with Crippen LogP contribution in [0.25, 0.3) is 22.3 Å². The van der Waals surface area contributed by atoms with Crippen molar-refractivity contribution in [3.05, 3.63) is 90.0 Å². The van der Waals surface area contributed by atoms with E-state index in [0.29, 0.717) is 28.2 Å². The van der Waals surface area contributed by atoms with Crippen molar-refractivity contribution in [2.45, 2.75) is 0 Å². The van der Waals surface area contributed by atoms with Crippen LogP contribution in [0.15, 0.2) is 83.3 Å². The zero-order valence-electron chi connectivity index (χ0n) is 13.7. The first-order valence-electron chi connectivity index (χ1n) is 8.30. The number of carbonyl (C=O) groups excluding carboxylic acids is 2. The van der Waals surface area contributed by atoms with Crippen molar-refractivity contribution in [3.8, 4) is 11.3 Å². The maximum atomic E-state index is 12.8. The van der Waals surface area contributed by atoms with Gasteiger partial charge in [-0.2, -0.15) is 0 Å². The number of hydrogen-bond donors (Lipinski definition) is 0. The minimum atomic E-state index is -0.323. The van der Waals surface area contributed by atoms with Gasteiger partial charge in [0.05, 0.1) is 16.8 Å². The highest BCUT2D eigenvalue weighted by Gasteiger charge is 2.37. The van der Waals surface area contributed by atoms with Crippen molar-refractivity contribution in [3.63, 3.8) is 0 Å². The summed E-state index contributed by atoms with van der Waals surface area (Å²) in [4.78, 5) is 26.8. The summed E-state index contributed by atoms with van der Waals surface area (Å²) in [5.74, 6) is 0.0520. The van der Waals surface area contributed by atoms with Crippen LogP contribution in [-0.2, 0) is 0 Å². The predicted molar refractivity (Wildman–Crippen MR) is 99.2 cm³/mol. The molecule has 2 amide bonds. The van der Waals surface area contributed by atoms with Crippen LogP contribution in [0.1, 0.15) is 20.7 Å². The molecule has 124 valence electrons. The lowest BCUT2D eigenvalue weighted by Crippen LogP contribution is -2.29. The number of imide groups is 1. The van der Waals surface area contributed by atoms with E-state index in [-0.39, 0.29) is 11.8 Å². The van der Waals surface area contributed by atoms with E-state index in [1.807, 2.05) is 48.5 Å². The number of fused-ring (bicyclic) bond motifs is 2. The quantitative estimate of drug-likeness (QED) is 0.488. The molecule has 0 saturated carbocycles. The molecular formula is C22H13NO3. The second kappa shape index (κ2) is 5.43. The van der Waals surface area contributed by atoms with Gasteiger partial charge in [0.1, 0.15) is 5.76 Å². The first-order valence-corrected chi connectivity index (χ1v) is 8.30. The fourth-order valence-corrected chi connectivity index (χ4v) is 3.38. The van der Waals surface area contributed by atoms with E-state index >= 15 is 0 Å². The number of anilines is 1. The average Bonchev–Trinajstić information content (AvgIpc) is 3.23. The summed E-state index contributed by atoms with van der Waals surface area (Å²) in [6.45, 7) is 0. The van der Waals surface area contributed by atoms with Gasteiger partial charge in [-0.05, 0) is 24.3 Å². The van der Waals surface area contributed by atoms with Crippen molar-refractivity contribution < 1.29 is 14.0 Å². The summed E-state index contributed by atoms with van der Waals surface area (Å²) in [6.07, 6.45) is 0. The van der Waals surface area contributed by atoms with E-state index in [0.717, 1.165) is 10.9 Å². The smallest absolute Gasteiger partial charge is 0.266 e. The Hall–Kier alpha value is -3.66. The van der Waals surface area contributed by atoms with Crippen molar-refractivity contribution in [1.29, 1.82) is 0 Å². The highest BCUT2D eigenvalue weighted by atomic mass is 16.3. The van der Waals surface area contributed by atoms with E-state index < -0.39 is 0 Å². The van der Waals surface area contributed by atoms with Crippen LogP contribution in [0.3, 0.4) is 0 Å². The predicted octanol–water partition coefficient (Wildman–Crippen LogP) is 4.90. The lowest BCUT2D eigenvalue weighted by Gasteiger charge is -2.14. The third-order valence-corrected chi connectivity index (χ3v) is 4.62. The van der Waals surface area contributed by atoms with Crippen molar-refractivity contribution in [1.82, 2.24) is 0 Å². The van der Waals surface area contributed by atoms with Crippen LogP contribution in [0, 0.1) is 0 Å². The van der Waals surface area contributed by atoms with Gasteiger partial charge in [0.2, 0.25) is 0 Å². The monoisotopic (exact) mass is 339 g/mol. The van der Waals surface area contributed by atoms with E-state index in [9.17, 15) is 9.59 Å². The summed E-state index contributed by atoms with van der Waals surface area (Å²) in [5, 5.41) is 0.845. The van der Waals surface area contributed by atoms with Crippen molar-refractivity contribution in [2.75, 3.05) is 4.90 Å². The Morgan fingerprint density at radius 2 is 1.35 bits per heavy atom. The molecule has 5 rings (SSSR count). The second-order valence-corrected chi connectivity index (χ2v) is 6.16. The Bertz CT molecular complexity index is 1140. The van der Waals surface area contributed by atoms with Gasteiger partial charge in [-0.3, -0.25) is 9.59 Å². The van der Waals surface area contributed by atoms with Gasteiger partial charge >= 0.3 is 0 Å². The summed E-state index contributed by atoms with van der Waals surface area (Å²) in [6, 6.07) is 24.0. The summed E-state index contributed by atoms with van der Waals surface area (Å²) in [5.41, 5.74) is 2.78. The lowest BCUT2D eigenvalue weighted by molar-refractivity contribution is 0.0926. The molecule has 0 spiro atoms. The molecule has 1 aliphatic heterocycles. The molecule has 1 aromatic heterocycles. The van der Waals surface area contributed by atoms with Gasteiger partial charge in [0, 0.05) is 10.9 Å². The van der Waals surface area contributed by atoms with Gasteiger partial charge in [0.25, 0.3) is 11.8 Å². The maximum Gasteiger partial charge on any atom is 0.266 e. The van der Waals surface area contributed by atoms with Crippen LogP contribution >= 0.6 is 0 Å². The molecular weight excluding hydrogens is 326 g/mol. The molecule has 1 aliphatic rings. The summed E-state index contributed by atoms with van der Waals surface area (Å²) in [7, 11) is 0. The first kappa shape index (κ1) is 14.7. The number of amides is 2. The van der Waals surface area contributed by atoms with Gasteiger partial charge in [0.15, 0.2) is 5.58 Å². The Morgan fingerprint density at radius 1 is 0.692 bits per heavy atom. The molecule has 4 aromatic rings. The van der Waals surface area contributed by atoms with E-state index in [4.69, 9.17) is 4.42 Å². The number of furan rings is 1. The third-order valence-electron chi connectivity index (χ3n) is 4.62. The number of carbonyl (C=O) groups is 2. The number of para-hydroxylation sites is 1. The van der Waals surface area contributed by atoms with Gasteiger partial charge in [-0.1, -0.05) is 54.6 Å². The average molecular weight is 339 g/mol. The molecule has 3 aromatic carbocycles. The van der Waals surface area contributed by atoms with Crippen molar-refractivity contribution in [2.24, 2.45) is 0 Å². The molecule has 26 heavy (non-hydrogen) atoms. The largest absolute Gasteiger partial charge is 0.454 e. The highest BCUT2D eigenvalue weighted by molar-refractivity contribution is 6.35. The Morgan fingerprint density at radius 3 is 2.04 bits per heavy atom. The van der Waals surface area contributed by atoms with E-state index in [1.54, 1.807) is 30.3 Å². The van der Waals surface area contributed by atoms with Crippen LogP contribution < -0.4 is 4.90 Å². The molecule has 0 aliphatic carbocycles. The highest BCUT2D eigenvalue weighted by Crippen LogP contribution is 2.37. The molecule has 0 saturated heterocycles. The number of nitrogens with zero attached hydrogens (tertiary/aromatic N) is 1. The van der Waals surface area contributed by atoms with Gasteiger partial charge in [-0.25, -0.2) is 4.90 Å². The minimum Gasteiger partial charge on any atom is -0.454 e. The Labute approximate surface area is 149 Å². The maximum absolute atomic E-state index is 12.8. The SMILES string of the molecule is O=C1c2ccccc2C(=O)N1c1cccc2cc(-c3ccccc3)oc12. The molecule has 2 heterocycles. The van der Waals surface area contributed by atoms with E-state index in [1.165, 1.54) is 4.90 Å².